The summed E-state index contributed by atoms with van der Waals surface area (Å²) in [6.45, 7) is 6.26. The number of rotatable bonds is 5. The second-order valence-electron chi connectivity index (χ2n) is 5.38. The Labute approximate surface area is 114 Å². The summed E-state index contributed by atoms with van der Waals surface area (Å²) in [6.07, 6.45) is 1.33. The molecule has 1 atom stereocenters. The summed E-state index contributed by atoms with van der Waals surface area (Å²) in [5.74, 6) is 1.76. The summed E-state index contributed by atoms with van der Waals surface area (Å²) in [5, 5.41) is 4.00. The van der Waals surface area contributed by atoms with Gasteiger partial charge in [0.2, 0.25) is 5.89 Å². The number of nitrogens with two attached hydrogens (primary N) is 1. The van der Waals surface area contributed by atoms with Crippen LogP contribution in [-0.2, 0) is 12.8 Å². The minimum absolute atomic E-state index is 0.0627. The Kier molecular flexibility index (Phi) is 4.32. The van der Waals surface area contributed by atoms with Crippen LogP contribution in [0.4, 0.5) is 0 Å². The Bertz CT molecular complexity index is 516. The van der Waals surface area contributed by atoms with Crippen LogP contribution in [0.25, 0.3) is 0 Å². The maximum absolute atomic E-state index is 6.00. The summed E-state index contributed by atoms with van der Waals surface area (Å²) in [7, 11) is 0. The molecule has 4 heteroatoms. The van der Waals surface area contributed by atoms with Gasteiger partial charge in [-0.05, 0) is 18.4 Å². The largest absolute Gasteiger partial charge is 0.339 e. The highest BCUT2D eigenvalue weighted by Crippen LogP contribution is 2.10. The molecule has 2 rings (SSSR count). The normalized spacial score (nSPS) is 12.9. The second kappa shape index (κ2) is 5.97. The van der Waals surface area contributed by atoms with Crippen molar-refractivity contribution < 1.29 is 4.52 Å². The van der Waals surface area contributed by atoms with Crippen molar-refractivity contribution in [1.29, 1.82) is 0 Å². The molecule has 0 radical (unpaired) electrons. The molecule has 0 aliphatic heterocycles. The second-order valence-corrected chi connectivity index (χ2v) is 5.38. The maximum atomic E-state index is 6.00. The molecule has 0 fully saturated rings. The highest BCUT2D eigenvalue weighted by atomic mass is 16.5. The Morgan fingerprint density at radius 2 is 1.89 bits per heavy atom. The van der Waals surface area contributed by atoms with Gasteiger partial charge in [0, 0.05) is 18.9 Å². The first-order valence-corrected chi connectivity index (χ1v) is 6.67. The monoisotopic (exact) mass is 259 g/mol. The average Bonchev–Trinajstić information content (AvgIpc) is 2.79. The van der Waals surface area contributed by atoms with Crippen LogP contribution in [0.3, 0.4) is 0 Å². The zero-order valence-electron chi connectivity index (χ0n) is 11.8. The minimum Gasteiger partial charge on any atom is -0.339 e. The van der Waals surface area contributed by atoms with Crippen molar-refractivity contribution in [2.24, 2.45) is 11.7 Å². The zero-order valence-corrected chi connectivity index (χ0v) is 11.8. The molecule has 0 bridgehead atoms. The van der Waals surface area contributed by atoms with E-state index in [0.29, 0.717) is 24.7 Å². The van der Waals surface area contributed by atoms with Crippen LogP contribution >= 0.6 is 0 Å². The van der Waals surface area contributed by atoms with Gasteiger partial charge in [-0.15, -0.1) is 0 Å². The highest BCUT2D eigenvalue weighted by molar-refractivity contribution is 5.23. The molecule has 102 valence electrons. The van der Waals surface area contributed by atoms with Crippen molar-refractivity contribution in [2.45, 2.75) is 39.7 Å². The fourth-order valence-corrected chi connectivity index (χ4v) is 1.77. The number of benzene rings is 1. The third-order valence-corrected chi connectivity index (χ3v) is 3.26. The van der Waals surface area contributed by atoms with Crippen molar-refractivity contribution in [3.63, 3.8) is 0 Å². The van der Waals surface area contributed by atoms with Gasteiger partial charge in [0.15, 0.2) is 5.82 Å². The molecule has 0 saturated heterocycles. The number of aromatic nitrogens is 2. The molecule has 1 heterocycles. The molecule has 0 aliphatic carbocycles. The minimum atomic E-state index is 0.0627. The SMILES string of the molecule is Cc1ccc(Cc2noc(CC(N)C(C)C)n2)cc1. The molecular weight excluding hydrogens is 238 g/mol. The first kappa shape index (κ1) is 13.7. The molecule has 0 aliphatic rings. The summed E-state index contributed by atoms with van der Waals surface area (Å²) >= 11 is 0. The molecular formula is C15H21N3O. The number of nitrogens with zero attached hydrogens (tertiary/aromatic N) is 2. The van der Waals surface area contributed by atoms with Gasteiger partial charge in [0.05, 0.1) is 0 Å². The summed E-state index contributed by atoms with van der Waals surface area (Å²) in [4.78, 5) is 4.39. The Morgan fingerprint density at radius 3 is 2.53 bits per heavy atom. The van der Waals surface area contributed by atoms with Gasteiger partial charge in [-0.3, -0.25) is 0 Å². The van der Waals surface area contributed by atoms with E-state index in [1.807, 2.05) is 0 Å². The number of hydrogen-bond acceptors (Lipinski definition) is 4. The lowest BCUT2D eigenvalue weighted by Crippen LogP contribution is -2.28. The Balaban J connectivity index is 1.99. The van der Waals surface area contributed by atoms with Gasteiger partial charge < -0.3 is 10.3 Å². The van der Waals surface area contributed by atoms with Gasteiger partial charge in [-0.25, -0.2) is 0 Å². The Morgan fingerprint density at radius 1 is 1.21 bits per heavy atom. The van der Waals surface area contributed by atoms with Crippen LogP contribution in [0.2, 0.25) is 0 Å². The average molecular weight is 259 g/mol. The van der Waals surface area contributed by atoms with E-state index >= 15 is 0 Å². The third kappa shape index (κ3) is 3.89. The van der Waals surface area contributed by atoms with E-state index in [2.05, 4.69) is 55.2 Å². The van der Waals surface area contributed by atoms with E-state index < -0.39 is 0 Å². The quantitative estimate of drug-likeness (QED) is 0.896. The summed E-state index contributed by atoms with van der Waals surface area (Å²) in [6, 6.07) is 8.42. The number of aryl methyl sites for hydroxylation is 1. The molecule has 2 N–H and O–H groups in total. The molecule has 1 aromatic carbocycles. The van der Waals surface area contributed by atoms with Crippen LogP contribution in [0.5, 0.6) is 0 Å². The fraction of sp³-hybridized carbons (Fsp3) is 0.467. The topological polar surface area (TPSA) is 64.9 Å². The molecule has 4 nitrogen and oxygen atoms in total. The van der Waals surface area contributed by atoms with E-state index in [1.165, 1.54) is 11.1 Å². The lowest BCUT2D eigenvalue weighted by atomic mass is 10.0. The van der Waals surface area contributed by atoms with Crippen molar-refractivity contribution in [1.82, 2.24) is 10.1 Å². The summed E-state index contributed by atoms with van der Waals surface area (Å²) in [5.41, 5.74) is 8.44. The van der Waals surface area contributed by atoms with Crippen LogP contribution in [0.1, 0.15) is 36.7 Å². The van der Waals surface area contributed by atoms with Crippen molar-refractivity contribution >= 4 is 0 Å². The van der Waals surface area contributed by atoms with Crippen molar-refractivity contribution in [2.75, 3.05) is 0 Å². The van der Waals surface area contributed by atoms with Crippen molar-refractivity contribution in [3.05, 3.63) is 47.1 Å². The predicted molar refractivity (Wildman–Crippen MR) is 74.8 cm³/mol. The summed E-state index contributed by atoms with van der Waals surface area (Å²) < 4.78 is 5.24. The predicted octanol–water partition coefficient (Wildman–Crippen LogP) is 2.49. The van der Waals surface area contributed by atoms with Gasteiger partial charge >= 0.3 is 0 Å². The molecule has 0 amide bonds. The lowest BCUT2D eigenvalue weighted by molar-refractivity contribution is 0.350. The van der Waals surface area contributed by atoms with Crippen LogP contribution in [-0.4, -0.2) is 16.2 Å². The molecule has 0 spiro atoms. The fourth-order valence-electron chi connectivity index (χ4n) is 1.77. The Hall–Kier alpha value is -1.68. The zero-order chi connectivity index (χ0) is 13.8. The number of hydrogen-bond donors (Lipinski definition) is 1. The highest BCUT2D eigenvalue weighted by Gasteiger charge is 2.14. The third-order valence-electron chi connectivity index (χ3n) is 3.26. The van der Waals surface area contributed by atoms with E-state index in [1.54, 1.807) is 0 Å². The van der Waals surface area contributed by atoms with Gasteiger partial charge in [-0.2, -0.15) is 4.98 Å². The standard InChI is InChI=1S/C15H21N3O/c1-10(2)13(16)9-15-17-14(18-19-15)8-12-6-4-11(3)5-7-12/h4-7,10,13H,8-9,16H2,1-3H3. The van der Waals surface area contributed by atoms with Gasteiger partial charge in [-0.1, -0.05) is 48.8 Å². The molecule has 0 saturated carbocycles. The van der Waals surface area contributed by atoms with Gasteiger partial charge in [0.1, 0.15) is 0 Å². The molecule has 2 aromatic rings. The van der Waals surface area contributed by atoms with E-state index in [9.17, 15) is 0 Å². The van der Waals surface area contributed by atoms with E-state index in [4.69, 9.17) is 10.3 Å². The molecule has 1 unspecified atom stereocenters. The smallest absolute Gasteiger partial charge is 0.228 e. The van der Waals surface area contributed by atoms with E-state index in [-0.39, 0.29) is 6.04 Å². The van der Waals surface area contributed by atoms with Crippen LogP contribution in [0, 0.1) is 12.8 Å². The van der Waals surface area contributed by atoms with Crippen molar-refractivity contribution in [3.8, 4) is 0 Å². The molecule has 1 aromatic heterocycles. The van der Waals surface area contributed by atoms with Crippen LogP contribution in [0.15, 0.2) is 28.8 Å². The lowest BCUT2D eigenvalue weighted by Gasteiger charge is -2.11. The van der Waals surface area contributed by atoms with E-state index in [0.717, 1.165) is 5.82 Å². The maximum Gasteiger partial charge on any atom is 0.228 e. The van der Waals surface area contributed by atoms with Crippen LogP contribution < -0.4 is 5.73 Å². The molecule has 19 heavy (non-hydrogen) atoms. The first-order chi connectivity index (χ1) is 9.04. The first-order valence-electron chi connectivity index (χ1n) is 6.67. The van der Waals surface area contributed by atoms with Gasteiger partial charge in [0.25, 0.3) is 0 Å².